The number of rotatable bonds is 2. The second-order valence-corrected chi connectivity index (χ2v) is 4.46. The average molecular weight is 321 g/mol. The Morgan fingerprint density at radius 2 is 1.41 bits per heavy atom. The molecule has 0 saturated heterocycles. The third kappa shape index (κ3) is 3.38. The summed E-state index contributed by atoms with van der Waals surface area (Å²) in [7, 11) is 0. The first-order valence-electron chi connectivity index (χ1n) is 5.97. The molecular formula is C14H9F6NO. The Bertz CT molecular complexity index is 661. The topological polar surface area (TPSA) is 33.1 Å². The zero-order chi connectivity index (χ0) is 16.5. The summed E-state index contributed by atoms with van der Waals surface area (Å²) in [6, 6.07) is 4.51. The zero-order valence-electron chi connectivity index (χ0n) is 10.8. The first kappa shape index (κ1) is 16.3. The molecule has 1 heterocycles. The van der Waals surface area contributed by atoms with E-state index in [2.05, 4.69) is 4.98 Å². The summed E-state index contributed by atoms with van der Waals surface area (Å²) in [5.74, 6) is 0. The molecule has 2 aromatic rings. The van der Waals surface area contributed by atoms with Gasteiger partial charge in [0.05, 0.1) is 23.4 Å². The predicted octanol–water partition coefficient (Wildman–Crippen LogP) is 4.28. The summed E-state index contributed by atoms with van der Waals surface area (Å²) in [6.07, 6.45) is -8.55. The van der Waals surface area contributed by atoms with Crippen molar-refractivity contribution in [1.29, 1.82) is 0 Å². The molecule has 0 spiro atoms. The van der Waals surface area contributed by atoms with Crippen LogP contribution >= 0.6 is 0 Å². The maximum atomic E-state index is 12.6. The number of hydrogen-bond acceptors (Lipinski definition) is 2. The minimum absolute atomic E-state index is 0.00391. The van der Waals surface area contributed by atoms with Crippen molar-refractivity contribution in [2.75, 3.05) is 0 Å². The quantitative estimate of drug-likeness (QED) is 0.838. The maximum Gasteiger partial charge on any atom is 0.417 e. The number of nitrogens with zero attached hydrogens (tertiary/aromatic N) is 1. The van der Waals surface area contributed by atoms with E-state index in [-0.39, 0.29) is 16.8 Å². The van der Waals surface area contributed by atoms with Crippen LogP contribution in [0.15, 0.2) is 36.5 Å². The molecule has 2 nitrogen and oxygen atoms in total. The highest BCUT2D eigenvalue weighted by atomic mass is 19.4. The van der Waals surface area contributed by atoms with E-state index in [0.29, 0.717) is 6.20 Å². The van der Waals surface area contributed by atoms with Gasteiger partial charge in [0.2, 0.25) is 0 Å². The molecule has 22 heavy (non-hydrogen) atoms. The average Bonchev–Trinajstić information content (AvgIpc) is 2.45. The molecule has 0 radical (unpaired) electrons. The highest BCUT2D eigenvalue weighted by molar-refractivity contribution is 5.63. The van der Waals surface area contributed by atoms with Crippen LogP contribution in [0.1, 0.15) is 16.7 Å². The van der Waals surface area contributed by atoms with Crippen LogP contribution in [0.4, 0.5) is 26.3 Å². The van der Waals surface area contributed by atoms with Crippen molar-refractivity contribution in [3.63, 3.8) is 0 Å². The lowest BCUT2D eigenvalue weighted by Crippen LogP contribution is -2.08. The van der Waals surface area contributed by atoms with Crippen molar-refractivity contribution in [3.8, 4) is 11.3 Å². The number of aromatic nitrogens is 1. The number of benzene rings is 1. The van der Waals surface area contributed by atoms with Gasteiger partial charge in [0, 0.05) is 17.3 Å². The molecule has 1 N–H and O–H groups in total. The second kappa shape index (κ2) is 5.60. The van der Waals surface area contributed by atoms with Crippen molar-refractivity contribution in [2.45, 2.75) is 19.0 Å². The molecule has 0 amide bonds. The SMILES string of the molecule is OCc1cc(C(F)(F)F)cnc1-c1ccc(C(F)(F)F)cc1. The lowest BCUT2D eigenvalue weighted by Gasteiger charge is -2.12. The zero-order valence-corrected chi connectivity index (χ0v) is 10.8. The number of pyridine rings is 1. The summed E-state index contributed by atoms with van der Waals surface area (Å²) < 4.78 is 75.1. The predicted molar refractivity (Wildman–Crippen MR) is 65.6 cm³/mol. The molecule has 0 atom stereocenters. The lowest BCUT2D eigenvalue weighted by molar-refractivity contribution is -0.138. The lowest BCUT2D eigenvalue weighted by atomic mass is 10.0. The first-order valence-corrected chi connectivity index (χ1v) is 5.97. The number of aliphatic hydroxyl groups is 1. The molecule has 1 aromatic heterocycles. The summed E-state index contributed by atoms with van der Waals surface area (Å²) in [5.41, 5.74) is -1.84. The van der Waals surface area contributed by atoms with Crippen molar-refractivity contribution < 1.29 is 31.4 Å². The van der Waals surface area contributed by atoms with Crippen LogP contribution in [0, 0.1) is 0 Å². The molecule has 0 aliphatic rings. The summed E-state index contributed by atoms with van der Waals surface area (Å²) in [6.45, 7) is -0.715. The standard InChI is InChI=1S/C14H9F6NO/c15-13(16,17)10-3-1-8(2-4-10)12-9(7-22)5-11(6-21-12)14(18,19)20/h1-6,22H,7H2. The van der Waals surface area contributed by atoms with Gasteiger partial charge in [0.25, 0.3) is 0 Å². The minimum Gasteiger partial charge on any atom is -0.392 e. The van der Waals surface area contributed by atoms with Gasteiger partial charge in [-0.05, 0) is 18.2 Å². The molecular weight excluding hydrogens is 312 g/mol. The fraction of sp³-hybridized carbons (Fsp3) is 0.214. The normalized spacial score (nSPS) is 12.5. The fourth-order valence-corrected chi connectivity index (χ4v) is 1.86. The molecule has 0 unspecified atom stereocenters. The van der Waals surface area contributed by atoms with Crippen LogP contribution in [-0.4, -0.2) is 10.1 Å². The van der Waals surface area contributed by atoms with Gasteiger partial charge < -0.3 is 5.11 Å². The minimum atomic E-state index is -4.62. The third-order valence-electron chi connectivity index (χ3n) is 2.95. The molecule has 0 fully saturated rings. The number of alkyl halides is 6. The van der Waals surface area contributed by atoms with Gasteiger partial charge in [0.15, 0.2) is 0 Å². The van der Waals surface area contributed by atoms with Crippen molar-refractivity contribution in [3.05, 3.63) is 53.2 Å². The van der Waals surface area contributed by atoms with Gasteiger partial charge in [0.1, 0.15) is 0 Å². The Kier molecular flexibility index (Phi) is 4.15. The molecule has 0 aliphatic heterocycles. The monoisotopic (exact) mass is 321 g/mol. The van der Waals surface area contributed by atoms with Gasteiger partial charge in [-0.25, -0.2) is 0 Å². The summed E-state index contributed by atoms with van der Waals surface area (Å²) in [4.78, 5) is 3.62. The second-order valence-electron chi connectivity index (χ2n) is 4.46. The number of aliphatic hydroxyl groups excluding tert-OH is 1. The van der Waals surface area contributed by atoms with Crippen molar-refractivity contribution >= 4 is 0 Å². The van der Waals surface area contributed by atoms with E-state index < -0.39 is 30.1 Å². The molecule has 1 aromatic carbocycles. The van der Waals surface area contributed by atoms with E-state index in [1.54, 1.807) is 0 Å². The molecule has 8 heteroatoms. The van der Waals surface area contributed by atoms with Gasteiger partial charge in [-0.3, -0.25) is 4.98 Å². The molecule has 0 aliphatic carbocycles. The van der Waals surface area contributed by atoms with Crippen molar-refractivity contribution in [1.82, 2.24) is 4.98 Å². The van der Waals surface area contributed by atoms with Gasteiger partial charge >= 0.3 is 12.4 Å². The molecule has 2 rings (SSSR count). The van der Waals surface area contributed by atoms with E-state index in [9.17, 15) is 26.3 Å². The van der Waals surface area contributed by atoms with E-state index in [1.165, 1.54) is 0 Å². The Labute approximate surface area is 121 Å². The third-order valence-corrected chi connectivity index (χ3v) is 2.95. The Morgan fingerprint density at radius 1 is 0.864 bits per heavy atom. The van der Waals surface area contributed by atoms with E-state index in [4.69, 9.17) is 5.11 Å². The largest absolute Gasteiger partial charge is 0.417 e. The van der Waals surface area contributed by atoms with E-state index in [0.717, 1.165) is 30.3 Å². The van der Waals surface area contributed by atoms with E-state index in [1.807, 2.05) is 0 Å². The van der Waals surface area contributed by atoms with Crippen LogP contribution in [-0.2, 0) is 19.0 Å². The molecule has 0 bridgehead atoms. The summed E-state index contributed by atoms with van der Waals surface area (Å²) >= 11 is 0. The van der Waals surface area contributed by atoms with Crippen LogP contribution in [0.2, 0.25) is 0 Å². The maximum absolute atomic E-state index is 12.6. The van der Waals surface area contributed by atoms with Crippen LogP contribution in [0.25, 0.3) is 11.3 Å². The highest BCUT2D eigenvalue weighted by Gasteiger charge is 2.32. The van der Waals surface area contributed by atoms with Crippen molar-refractivity contribution in [2.24, 2.45) is 0 Å². The van der Waals surface area contributed by atoms with Gasteiger partial charge in [-0.2, -0.15) is 26.3 Å². The molecule has 0 saturated carbocycles. The molecule has 118 valence electrons. The Hall–Kier alpha value is -2.09. The number of halogens is 6. The van der Waals surface area contributed by atoms with Crippen LogP contribution in [0.3, 0.4) is 0 Å². The van der Waals surface area contributed by atoms with Gasteiger partial charge in [-0.1, -0.05) is 12.1 Å². The van der Waals surface area contributed by atoms with E-state index >= 15 is 0 Å². The summed E-state index contributed by atoms with van der Waals surface area (Å²) in [5, 5.41) is 9.17. The Balaban J connectivity index is 2.44. The first-order chi connectivity index (χ1) is 10.1. The van der Waals surface area contributed by atoms with Crippen LogP contribution < -0.4 is 0 Å². The van der Waals surface area contributed by atoms with Crippen LogP contribution in [0.5, 0.6) is 0 Å². The van der Waals surface area contributed by atoms with Gasteiger partial charge in [-0.15, -0.1) is 0 Å². The smallest absolute Gasteiger partial charge is 0.392 e. The number of hydrogen-bond donors (Lipinski definition) is 1. The highest BCUT2D eigenvalue weighted by Crippen LogP contribution is 2.34. The fourth-order valence-electron chi connectivity index (χ4n) is 1.86. The Morgan fingerprint density at radius 3 is 1.86 bits per heavy atom.